The molecule has 1 atom stereocenters. The van der Waals surface area contributed by atoms with E-state index in [1.807, 2.05) is 0 Å². The Morgan fingerprint density at radius 3 is 2.62 bits per heavy atom. The van der Waals surface area contributed by atoms with Gasteiger partial charge in [0.05, 0.1) is 6.61 Å². The summed E-state index contributed by atoms with van der Waals surface area (Å²) in [5, 5.41) is 0. The molecule has 0 bridgehead atoms. The van der Waals surface area contributed by atoms with Gasteiger partial charge >= 0.3 is 0 Å². The molecule has 2 N–H and O–H groups in total. The van der Waals surface area contributed by atoms with E-state index in [0.29, 0.717) is 5.54 Å². The molecular weight excluding hydrogens is 200 g/mol. The van der Waals surface area contributed by atoms with Crippen molar-refractivity contribution in [3.8, 4) is 0 Å². The lowest BCUT2D eigenvalue weighted by Crippen LogP contribution is -2.54. The first-order valence-electron chi connectivity index (χ1n) is 6.76. The molecule has 3 nitrogen and oxygen atoms in total. The molecule has 2 rings (SSSR count). The molecule has 1 unspecified atom stereocenters. The van der Waals surface area contributed by atoms with Crippen LogP contribution in [0.1, 0.15) is 38.5 Å². The fourth-order valence-corrected chi connectivity index (χ4v) is 3.26. The number of rotatable bonds is 4. The van der Waals surface area contributed by atoms with E-state index >= 15 is 0 Å². The number of hydrogen-bond acceptors (Lipinski definition) is 3. The van der Waals surface area contributed by atoms with Crippen LogP contribution in [0.3, 0.4) is 0 Å². The van der Waals surface area contributed by atoms with Gasteiger partial charge in [-0.3, -0.25) is 4.90 Å². The first-order valence-corrected chi connectivity index (χ1v) is 6.76. The summed E-state index contributed by atoms with van der Waals surface area (Å²) in [7, 11) is 2.26. The predicted octanol–water partition coefficient (Wildman–Crippen LogP) is 1.62. The van der Waals surface area contributed by atoms with E-state index in [1.165, 1.54) is 38.5 Å². The Bertz CT molecular complexity index is 208. The van der Waals surface area contributed by atoms with Gasteiger partial charge in [0.1, 0.15) is 0 Å². The Kier molecular flexibility index (Phi) is 4.22. The quantitative estimate of drug-likeness (QED) is 0.791. The third-order valence-electron chi connectivity index (χ3n) is 4.53. The highest BCUT2D eigenvalue weighted by Crippen LogP contribution is 2.33. The van der Waals surface area contributed by atoms with Gasteiger partial charge in [0.15, 0.2) is 0 Å². The summed E-state index contributed by atoms with van der Waals surface area (Å²) < 4.78 is 5.45. The maximum Gasteiger partial charge on any atom is 0.0507 e. The molecular formula is C13H26N2O. The summed E-state index contributed by atoms with van der Waals surface area (Å²) in [5.41, 5.74) is 6.33. The monoisotopic (exact) mass is 226 g/mol. The zero-order valence-electron chi connectivity index (χ0n) is 10.6. The smallest absolute Gasteiger partial charge is 0.0507 e. The van der Waals surface area contributed by atoms with Gasteiger partial charge in [-0.25, -0.2) is 0 Å². The summed E-state index contributed by atoms with van der Waals surface area (Å²) >= 11 is 0. The topological polar surface area (TPSA) is 38.5 Å². The minimum Gasteiger partial charge on any atom is -0.381 e. The number of likely N-dealkylation sites (N-methyl/N-ethyl adjacent to an activating group) is 1. The van der Waals surface area contributed by atoms with Crippen LogP contribution in [0.2, 0.25) is 0 Å². The minimum atomic E-state index is 0.292. The Hall–Kier alpha value is -0.120. The first kappa shape index (κ1) is 12.3. The molecule has 1 saturated heterocycles. The Morgan fingerprint density at radius 1 is 1.31 bits per heavy atom. The van der Waals surface area contributed by atoms with Crippen LogP contribution in [0.5, 0.6) is 0 Å². The molecule has 0 radical (unpaired) electrons. The van der Waals surface area contributed by atoms with Crippen molar-refractivity contribution >= 4 is 0 Å². The van der Waals surface area contributed by atoms with E-state index in [1.54, 1.807) is 0 Å². The predicted molar refractivity (Wildman–Crippen MR) is 66.4 cm³/mol. The molecule has 1 saturated carbocycles. The third kappa shape index (κ3) is 2.58. The second kappa shape index (κ2) is 5.48. The van der Waals surface area contributed by atoms with Gasteiger partial charge in [0.2, 0.25) is 0 Å². The molecule has 0 aromatic carbocycles. The van der Waals surface area contributed by atoms with Gasteiger partial charge in [-0.05, 0) is 32.2 Å². The largest absolute Gasteiger partial charge is 0.381 e. The normalized spacial score (nSPS) is 29.8. The summed E-state index contributed by atoms with van der Waals surface area (Å²) in [6, 6.07) is 0. The van der Waals surface area contributed by atoms with Gasteiger partial charge < -0.3 is 10.5 Å². The van der Waals surface area contributed by atoms with Crippen molar-refractivity contribution in [2.45, 2.75) is 44.1 Å². The molecule has 0 amide bonds. The molecule has 0 aromatic heterocycles. The van der Waals surface area contributed by atoms with E-state index in [0.717, 1.165) is 32.2 Å². The first-order chi connectivity index (χ1) is 7.77. The highest BCUT2D eigenvalue weighted by molar-refractivity contribution is 4.93. The fourth-order valence-electron chi connectivity index (χ4n) is 3.26. The van der Waals surface area contributed by atoms with Crippen molar-refractivity contribution in [1.29, 1.82) is 0 Å². The highest BCUT2D eigenvalue weighted by atomic mass is 16.5. The van der Waals surface area contributed by atoms with Gasteiger partial charge in [0.25, 0.3) is 0 Å². The molecule has 0 aromatic rings. The average Bonchev–Trinajstić information content (AvgIpc) is 2.82. The van der Waals surface area contributed by atoms with E-state index < -0.39 is 0 Å². The van der Waals surface area contributed by atoms with Crippen molar-refractivity contribution in [1.82, 2.24) is 4.90 Å². The third-order valence-corrected chi connectivity index (χ3v) is 4.53. The van der Waals surface area contributed by atoms with Gasteiger partial charge in [-0.15, -0.1) is 0 Å². The van der Waals surface area contributed by atoms with Crippen LogP contribution >= 0.6 is 0 Å². The van der Waals surface area contributed by atoms with Crippen LogP contribution in [-0.2, 0) is 4.74 Å². The molecule has 0 spiro atoms. The lowest BCUT2D eigenvalue weighted by Gasteiger charge is -2.45. The van der Waals surface area contributed by atoms with E-state index in [2.05, 4.69) is 11.9 Å². The zero-order chi connectivity index (χ0) is 11.4. The van der Waals surface area contributed by atoms with Crippen LogP contribution in [0.4, 0.5) is 0 Å². The molecule has 94 valence electrons. The van der Waals surface area contributed by atoms with Gasteiger partial charge in [0, 0.05) is 25.2 Å². The maximum absolute atomic E-state index is 6.04. The van der Waals surface area contributed by atoms with Crippen LogP contribution in [-0.4, -0.2) is 43.8 Å². The van der Waals surface area contributed by atoms with Crippen LogP contribution in [0.15, 0.2) is 0 Å². The average molecular weight is 226 g/mol. The van der Waals surface area contributed by atoms with Gasteiger partial charge in [-0.1, -0.05) is 19.3 Å². The Morgan fingerprint density at radius 2 is 2.06 bits per heavy atom. The second-order valence-electron chi connectivity index (χ2n) is 5.60. The fraction of sp³-hybridized carbons (Fsp3) is 1.00. The molecule has 1 aliphatic carbocycles. The number of hydrogen-bond donors (Lipinski definition) is 1. The Labute approximate surface area is 99.3 Å². The zero-order valence-corrected chi connectivity index (χ0v) is 10.6. The van der Waals surface area contributed by atoms with Crippen molar-refractivity contribution in [2.24, 2.45) is 11.7 Å². The summed E-state index contributed by atoms with van der Waals surface area (Å²) in [4.78, 5) is 2.53. The van der Waals surface area contributed by atoms with Crippen LogP contribution < -0.4 is 5.73 Å². The molecule has 3 heteroatoms. The van der Waals surface area contributed by atoms with E-state index in [4.69, 9.17) is 10.5 Å². The Balaban J connectivity index is 1.91. The van der Waals surface area contributed by atoms with Crippen molar-refractivity contribution in [3.05, 3.63) is 0 Å². The molecule has 2 aliphatic rings. The minimum absolute atomic E-state index is 0.292. The standard InChI is InChI=1S/C13H26N2O/c1-15(9-12-5-8-16-10-12)13(11-14)6-3-2-4-7-13/h12H,2-11,14H2,1H3. The molecule has 2 fully saturated rings. The lowest BCUT2D eigenvalue weighted by atomic mass is 9.80. The molecule has 1 heterocycles. The molecule has 16 heavy (non-hydrogen) atoms. The summed E-state index contributed by atoms with van der Waals surface area (Å²) in [5.74, 6) is 0.732. The van der Waals surface area contributed by atoms with Crippen molar-refractivity contribution in [2.75, 3.05) is 33.4 Å². The van der Waals surface area contributed by atoms with E-state index in [-0.39, 0.29) is 0 Å². The molecule has 1 aliphatic heterocycles. The summed E-state index contributed by atoms with van der Waals surface area (Å²) in [6.07, 6.45) is 7.89. The van der Waals surface area contributed by atoms with Gasteiger partial charge in [-0.2, -0.15) is 0 Å². The summed E-state index contributed by atoms with van der Waals surface area (Å²) in [6.45, 7) is 3.88. The number of nitrogens with two attached hydrogens (primary N) is 1. The number of ether oxygens (including phenoxy) is 1. The van der Waals surface area contributed by atoms with Crippen LogP contribution in [0.25, 0.3) is 0 Å². The van der Waals surface area contributed by atoms with Crippen molar-refractivity contribution < 1.29 is 4.74 Å². The van der Waals surface area contributed by atoms with Crippen molar-refractivity contribution in [3.63, 3.8) is 0 Å². The van der Waals surface area contributed by atoms with Crippen LogP contribution in [0, 0.1) is 5.92 Å². The lowest BCUT2D eigenvalue weighted by molar-refractivity contribution is 0.0642. The second-order valence-corrected chi connectivity index (χ2v) is 5.60. The number of nitrogens with zero attached hydrogens (tertiary/aromatic N) is 1. The highest BCUT2D eigenvalue weighted by Gasteiger charge is 2.35. The maximum atomic E-state index is 6.04. The SMILES string of the molecule is CN(CC1CCOC1)C1(CN)CCCCC1. The van der Waals surface area contributed by atoms with E-state index in [9.17, 15) is 0 Å².